The summed E-state index contributed by atoms with van der Waals surface area (Å²) in [7, 11) is 0. The van der Waals surface area contributed by atoms with Crippen LogP contribution in [-0.2, 0) is 9.63 Å². The number of aliphatic hydroxyl groups excluding tert-OH is 1. The molecule has 0 aromatic heterocycles. The van der Waals surface area contributed by atoms with Crippen molar-refractivity contribution in [3.63, 3.8) is 0 Å². The number of hydrogen-bond donors (Lipinski definition) is 2. The van der Waals surface area contributed by atoms with Gasteiger partial charge in [-0.05, 0) is 31.0 Å². The number of carbonyl (C=O) groups is 1. The number of amides is 1. The molecule has 1 unspecified atom stereocenters. The van der Waals surface area contributed by atoms with E-state index in [0.717, 1.165) is 12.8 Å². The van der Waals surface area contributed by atoms with E-state index in [1.54, 1.807) is 18.2 Å². The van der Waals surface area contributed by atoms with Crippen molar-refractivity contribution < 1.29 is 14.7 Å². The first-order valence-corrected chi connectivity index (χ1v) is 7.41. The molecule has 1 fully saturated rings. The van der Waals surface area contributed by atoms with Crippen molar-refractivity contribution in [3.05, 3.63) is 33.8 Å². The van der Waals surface area contributed by atoms with E-state index in [4.69, 9.17) is 28.0 Å². The second-order valence-corrected chi connectivity index (χ2v) is 6.24. The highest BCUT2D eigenvalue weighted by molar-refractivity contribution is 6.35. The Balaban J connectivity index is 1.79. The quantitative estimate of drug-likeness (QED) is 0.889. The third-order valence-electron chi connectivity index (χ3n) is 3.56. The van der Waals surface area contributed by atoms with Crippen molar-refractivity contribution in [2.75, 3.05) is 6.61 Å². The van der Waals surface area contributed by atoms with Crippen LogP contribution in [0.4, 0.5) is 0 Å². The molecule has 7 heteroatoms. The number of rotatable bonds is 4. The Bertz CT molecular complexity index is 596. The molecule has 5 nitrogen and oxygen atoms in total. The second kappa shape index (κ2) is 5.48. The van der Waals surface area contributed by atoms with Crippen molar-refractivity contribution >= 4 is 34.8 Å². The minimum atomic E-state index is -1.35. The molecule has 1 heterocycles. The van der Waals surface area contributed by atoms with Crippen LogP contribution in [0.25, 0.3) is 0 Å². The standard InChI is InChI=1S/C14H14Cl2N2O3/c15-9-3-8(4-10(16)5-9)12-6-14(7-19,21-18-12)13(20)17-11-1-2-11/h3-5,11,19H,1-2,6-7H2,(H,17,20). The van der Waals surface area contributed by atoms with Crippen LogP contribution in [0.15, 0.2) is 23.4 Å². The number of nitrogens with zero attached hydrogens (tertiary/aromatic N) is 1. The predicted octanol–water partition coefficient (Wildman–Crippen LogP) is 2.13. The highest BCUT2D eigenvalue weighted by Gasteiger charge is 2.47. The van der Waals surface area contributed by atoms with Gasteiger partial charge in [0, 0.05) is 28.1 Å². The van der Waals surface area contributed by atoms with Gasteiger partial charge in [0.2, 0.25) is 5.60 Å². The topological polar surface area (TPSA) is 70.9 Å². The lowest BCUT2D eigenvalue weighted by molar-refractivity contribution is -0.149. The fraction of sp³-hybridized carbons (Fsp3) is 0.429. The SMILES string of the molecule is O=C(NC1CC1)C1(CO)CC(c2cc(Cl)cc(Cl)c2)=NO1. The molecule has 0 spiro atoms. The zero-order valence-electron chi connectivity index (χ0n) is 11.1. The molecule has 3 rings (SSSR count). The van der Waals surface area contributed by atoms with Crippen LogP contribution >= 0.6 is 23.2 Å². The Morgan fingerprint density at radius 3 is 2.62 bits per heavy atom. The van der Waals surface area contributed by atoms with E-state index < -0.39 is 12.2 Å². The summed E-state index contributed by atoms with van der Waals surface area (Å²) in [6.45, 7) is -0.438. The predicted molar refractivity (Wildman–Crippen MR) is 79.7 cm³/mol. The minimum absolute atomic E-state index is 0.179. The fourth-order valence-electron chi connectivity index (χ4n) is 2.18. The average Bonchev–Trinajstić information content (AvgIpc) is 3.13. The van der Waals surface area contributed by atoms with E-state index >= 15 is 0 Å². The molecular formula is C14H14Cl2N2O3. The third kappa shape index (κ3) is 3.00. The molecule has 2 N–H and O–H groups in total. The molecule has 0 saturated heterocycles. The van der Waals surface area contributed by atoms with Crippen LogP contribution in [0.3, 0.4) is 0 Å². The third-order valence-corrected chi connectivity index (χ3v) is 4.00. The molecule has 1 atom stereocenters. The van der Waals surface area contributed by atoms with Crippen molar-refractivity contribution in [2.45, 2.75) is 30.9 Å². The molecule has 1 aromatic carbocycles. The van der Waals surface area contributed by atoms with Gasteiger partial charge in [0.25, 0.3) is 5.91 Å². The van der Waals surface area contributed by atoms with Crippen LogP contribution in [0.2, 0.25) is 10.0 Å². The second-order valence-electron chi connectivity index (χ2n) is 5.36. The Kier molecular flexibility index (Phi) is 3.82. The first kappa shape index (κ1) is 14.6. The van der Waals surface area contributed by atoms with Gasteiger partial charge in [0.05, 0.1) is 12.3 Å². The highest BCUT2D eigenvalue weighted by atomic mass is 35.5. The number of hydrogen-bond acceptors (Lipinski definition) is 4. The maximum atomic E-state index is 12.2. The summed E-state index contributed by atoms with van der Waals surface area (Å²) in [5, 5.41) is 17.3. The lowest BCUT2D eigenvalue weighted by Gasteiger charge is -2.22. The normalized spacial score (nSPS) is 24.4. The summed E-state index contributed by atoms with van der Waals surface area (Å²) in [6, 6.07) is 5.19. The number of oxime groups is 1. The molecule has 2 aliphatic rings. The van der Waals surface area contributed by atoms with Gasteiger partial charge in [-0.25, -0.2) is 0 Å². The van der Waals surface area contributed by atoms with Crippen molar-refractivity contribution in [1.29, 1.82) is 0 Å². The summed E-state index contributed by atoms with van der Waals surface area (Å²) < 4.78 is 0. The first-order chi connectivity index (χ1) is 10.0. The van der Waals surface area contributed by atoms with E-state index in [0.29, 0.717) is 21.3 Å². The van der Waals surface area contributed by atoms with Gasteiger partial charge in [-0.1, -0.05) is 28.4 Å². The van der Waals surface area contributed by atoms with Gasteiger partial charge in [-0.3, -0.25) is 4.79 Å². The summed E-state index contributed by atoms with van der Waals surface area (Å²) in [5.74, 6) is -0.334. The van der Waals surface area contributed by atoms with Crippen LogP contribution < -0.4 is 5.32 Å². The maximum absolute atomic E-state index is 12.2. The van der Waals surface area contributed by atoms with Gasteiger partial charge in [0.1, 0.15) is 0 Å². The molecular weight excluding hydrogens is 315 g/mol. The van der Waals surface area contributed by atoms with Gasteiger partial charge in [-0.2, -0.15) is 0 Å². The summed E-state index contributed by atoms with van der Waals surface area (Å²) >= 11 is 11.9. The van der Waals surface area contributed by atoms with Gasteiger partial charge >= 0.3 is 0 Å². The van der Waals surface area contributed by atoms with Crippen molar-refractivity contribution in [1.82, 2.24) is 5.32 Å². The zero-order valence-corrected chi connectivity index (χ0v) is 12.6. The summed E-state index contributed by atoms with van der Waals surface area (Å²) in [6.07, 6.45) is 2.11. The minimum Gasteiger partial charge on any atom is -0.392 e. The number of carbonyl (C=O) groups excluding carboxylic acids is 1. The molecule has 0 radical (unpaired) electrons. The largest absolute Gasteiger partial charge is 0.392 e. The first-order valence-electron chi connectivity index (χ1n) is 6.66. The Labute approximate surface area is 131 Å². The van der Waals surface area contributed by atoms with Gasteiger partial charge < -0.3 is 15.3 Å². The highest BCUT2D eigenvalue weighted by Crippen LogP contribution is 2.30. The Morgan fingerprint density at radius 2 is 2.05 bits per heavy atom. The van der Waals surface area contributed by atoms with Crippen LogP contribution in [0.5, 0.6) is 0 Å². The van der Waals surface area contributed by atoms with Crippen molar-refractivity contribution in [2.24, 2.45) is 5.16 Å². The molecule has 1 aromatic rings. The molecule has 0 bridgehead atoms. The fourth-order valence-corrected chi connectivity index (χ4v) is 2.70. The van der Waals surface area contributed by atoms with E-state index in [1.807, 2.05) is 0 Å². The number of nitrogens with one attached hydrogen (secondary N) is 1. The summed E-state index contributed by atoms with van der Waals surface area (Å²) in [5.41, 5.74) is -0.131. The van der Waals surface area contributed by atoms with Crippen molar-refractivity contribution in [3.8, 4) is 0 Å². The molecule has 1 saturated carbocycles. The number of benzene rings is 1. The van der Waals surface area contributed by atoms with E-state index in [2.05, 4.69) is 10.5 Å². The van der Waals surface area contributed by atoms with Gasteiger partial charge in [-0.15, -0.1) is 0 Å². The molecule has 1 amide bonds. The van der Waals surface area contributed by atoms with Crippen LogP contribution in [-0.4, -0.2) is 35.0 Å². The van der Waals surface area contributed by atoms with E-state index in [9.17, 15) is 9.90 Å². The molecule has 112 valence electrons. The molecule has 1 aliphatic carbocycles. The zero-order chi connectivity index (χ0) is 15.0. The van der Waals surface area contributed by atoms with E-state index in [1.165, 1.54) is 0 Å². The van der Waals surface area contributed by atoms with Gasteiger partial charge in [0.15, 0.2) is 0 Å². The summed E-state index contributed by atoms with van der Waals surface area (Å²) in [4.78, 5) is 17.5. The smallest absolute Gasteiger partial charge is 0.270 e. The van der Waals surface area contributed by atoms with E-state index in [-0.39, 0.29) is 18.4 Å². The average molecular weight is 329 g/mol. The molecule has 21 heavy (non-hydrogen) atoms. The lowest BCUT2D eigenvalue weighted by Crippen LogP contribution is -2.50. The maximum Gasteiger partial charge on any atom is 0.270 e. The number of aliphatic hydroxyl groups is 1. The van der Waals surface area contributed by atoms with Crippen LogP contribution in [0, 0.1) is 0 Å². The lowest BCUT2D eigenvalue weighted by atomic mass is 9.94. The number of halogens is 2. The Hall–Kier alpha value is -1.30. The van der Waals surface area contributed by atoms with Crippen LogP contribution in [0.1, 0.15) is 24.8 Å². The monoisotopic (exact) mass is 328 g/mol. The Morgan fingerprint density at radius 1 is 1.38 bits per heavy atom. The molecule has 1 aliphatic heterocycles.